The first-order chi connectivity index (χ1) is 9.60. The van der Waals surface area contributed by atoms with Crippen molar-refractivity contribution in [2.75, 3.05) is 7.11 Å². The van der Waals surface area contributed by atoms with Crippen molar-refractivity contribution in [3.05, 3.63) is 52.4 Å². The lowest BCUT2D eigenvalue weighted by atomic mass is 10.1. The maximum atomic E-state index is 11.2. The van der Waals surface area contributed by atoms with Gasteiger partial charge >= 0.3 is 0 Å². The lowest BCUT2D eigenvalue weighted by molar-refractivity contribution is 0.414. The van der Waals surface area contributed by atoms with Crippen LogP contribution in [0.1, 0.15) is 18.5 Å². The minimum absolute atomic E-state index is 0.0777. The fraction of sp³-hybridized carbons (Fsp3) is 0.286. The number of aromatic nitrogens is 2. The van der Waals surface area contributed by atoms with Gasteiger partial charge in [-0.2, -0.15) is 0 Å². The summed E-state index contributed by atoms with van der Waals surface area (Å²) < 4.78 is 5.12. The number of ether oxygens (including phenoxy) is 1. The summed E-state index contributed by atoms with van der Waals surface area (Å²) in [6, 6.07) is 8.89. The van der Waals surface area contributed by atoms with Crippen LogP contribution in [-0.2, 0) is 0 Å². The normalized spacial score (nSPS) is 13.8. The molecule has 0 fully saturated rings. The molecule has 1 heterocycles. The van der Waals surface area contributed by atoms with Gasteiger partial charge in [0.2, 0.25) is 0 Å². The van der Waals surface area contributed by atoms with E-state index in [1.54, 1.807) is 7.11 Å². The minimum atomic E-state index is -0.160. The van der Waals surface area contributed by atoms with E-state index in [1.807, 2.05) is 31.2 Å². The third-order valence-electron chi connectivity index (χ3n) is 2.95. The van der Waals surface area contributed by atoms with Crippen molar-refractivity contribution in [2.45, 2.75) is 23.4 Å². The van der Waals surface area contributed by atoms with Crippen molar-refractivity contribution in [1.82, 2.24) is 9.97 Å². The Morgan fingerprint density at radius 3 is 2.60 bits per heavy atom. The number of rotatable bonds is 5. The van der Waals surface area contributed by atoms with E-state index in [4.69, 9.17) is 10.5 Å². The summed E-state index contributed by atoms with van der Waals surface area (Å²) >= 11 is 1.45. The number of thioether (sulfide) groups is 1. The third kappa shape index (κ3) is 3.61. The van der Waals surface area contributed by atoms with E-state index in [2.05, 4.69) is 9.97 Å². The first kappa shape index (κ1) is 14.6. The Bertz CT molecular complexity index is 612. The molecule has 0 aliphatic carbocycles. The van der Waals surface area contributed by atoms with Crippen LogP contribution in [-0.4, -0.2) is 22.3 Å². The maximum Gasteiger partial charge on any atom is 0.251 e. The van der Waals surface area contributed by atoms with Crippen LogP contribution in [0.4, 0.5) is 0 Å². The van der Waals surface area contributed by atoms with E-state index in [0.717, 1.165) is 11.3 Å². The van der Waals surface area contributed by atoms with Crippen LogP contribution < -0.4 is 16.0 Å². The number of nitrogens with one attached hydrogen (secondary N) is 1. The standard InChI is InChI=1S/C14H17N3O2S/c1-9(20-14-16-8-7-12(18)17-14)13(15)10-3-5-11(19-2)6-4-10/h3-9,13H,15H2,1-2H3,(H,16,17,18). The molecular weight excluding hydrogens is 274 g/mol. The van der Waals surface area contributed by atoms with Gasteiger partial charge in [0.15, 0.2) is 5.16 Å². The Morgan fingerprint density at radius 2 is 2.00 bits per heavy atom. The minimum Gasteiger partial charge on any atom is -0.497 e. The van der Waals surface area contributed by atoms with Crippen molar-refractivity contribution >= 4 is 11.8 Å². The van der Waals surface area contributed by atoms with Gasteiger partial charge in [0, 0.05) is 23.6 Å². The van der Waals surface area contributed by atoms with E-state index in [1.165, 1.54) is 24.0 Å². The van der Waals surface area contributed by atoms with Crippen molar-refractivity contribution in [1.29, 1.82) is 0 Å². The molecule has 5 nitrogen and oxygen atoms in total. The fourth-order valence-electron chi connectivity index (χ4n) is 1.76. The van der Waals surface area contributed by atoms with Crippen LogP contribution in [0.25, 0.3) is 0 Å². The predicted molar refractivity (Wildman–Crippen MR) is 80.1 cm³/mol. The summed E-state index contributed by atoms with van der Waals surface area (Å²) in [5.74, 6) is 0.801. The number of hydrogen-bond acceptors (Lipinski definition) is 5. The molecule has 106 valence electrons. The highest BCUT2D eigenvalue weighted by Crippen LogP contribution is 2.28. The number of nitrogens with zero attached hydrogens (tertiary/aromatic N) is 1. The smallest absolute Gasteiger partial charge is 0.251 e. The molecule has 0 spiro atoms. The zero-order valence-corrected chi connectivity index (χ0v) is 12.2. The molecular formula is C14H17N3O2S. The molecule has 0 radical (unpaired) electrons. The van der Waals surface area contributed by atoms with Crippen molar-refractivity contribution in [3.8, 4) is 5.75 Å². The van der Waals surface area contributed by atoms with Gasteiger partial charge in [0.05, 0.1) is 7.11 Å². The van der Waals surface area contributed by atoms with Gasteiger partial charge in [-0.1, -0.05) is 30.8 Å². The second kappa shape index (κ2) is 6.58. The lowest BCUT2D eigenvalue weighted by Crippen LogP contribution is -2.21. The van der Waals surface area contributed by atoms with Crippen molar-refractivity contribution < 1.29 is 4.74 Å². The van der Waals surface area contributed by atoms with Gasteiger partial charge in [-0.15, -0.1) is 0 Å². The topological polar surface area (TPSA) is 81.0 Å². The van der Waals surface area contributed by atoms with Gasteiger partial charge in [-0.25, -0.2) is 4.98 Å². The molecule has 0 amide bonds. The number of hydrogen-bond donors (Lipinski definition) is 2. The Kier molecular flexibility index (Phi) is 4.81. The molecule has 2 aromatic rings. The zero-order chi connectivity index (χ0) is 14.5. The fourth-order valence-corrected chi connectivity index (χ4v) is 2.70. The molecule has 2 unspecified atom stereocenters. The monoisotopic (exact) mass is 291 g/mol. The number of methoxy groups -OCH3 is 1. The van der Waals surface area contributed by atoms with Crippen molar-refractivity contribution in [3.63, 3.8) is 0 Å². The van der Waals surface area contributed by atoms with Gasteiger partial charge in [-0.05, 0) is 17.7 Å². The molecule has 2 atom stereocenters. The van der Waals surface area contributed by atoms with E-state index in [9.17, 15) is 4.79 Å². The highest BCUT2D eigenvalue weighted by atomic mass is 32.2. The summed E-state index contributed by atoms with van der Waals surface area (Å²) in [6.45, 7) is 2.01. The summed E-state index contributed by atoms with van der Waals surface area (Å²) in [6.07, 6.45) is 1.49. The summed E-state index contributed by atoms with van der Waals surface area (Å²) in [7, 11) is 1.63. The molecule has 0 saturated heterocycles. The molecule has 0 aliphatic heterocycles. The number of benzene rings is 1. The molecule has 3 N–H and O–H groups in total. The Hall–Kier alpha value is -1.79. The van der Waals surface area contributed by atoms with Crippen LogP contribution in [0.5, 0.6) is 5.75 Å². The van der Waals surface area contributed by atoms with Crippen LogP contribution >= 0.6 is 11.8 Å². The molecule has 0 aliphatic rings. The van der Waals surface area contributed by atoms with Crippen LogP contribution in [0, 0.1) is 0 Å². The van der Waals surface area contributed by atoms with Crippen LogP contribution in [0.15, 0.2) is 46.5 Å². The largest absolute Gasteiger partial charge is 0.497 e. The number of nitrogens with two attached hydrogens (primary N) is 1. The van der Waals surface area contributed by atoms with E-state index < -0.39 is 0 Å². The summed E-state index contributed by atoms with van der Waals surface area (Å²) in [4.78, 5) is 18.0. The predicted octanol–water partition coefficient (Wildman–Crippen LogP) is 1.96. The molecule has 1 aromatic heterocycles. The second-order valence-corrected chi connectivity index (χ2v) is 5.73. The first-order valence-corrected chi connectivity index (χ1v) is 7.09. The summed E-state index contributed by atoms with van der Waals surface area (Å²) in [5.41, 5.74) is 7.09. The quantitative estimate of drug-likeness (QED) is 0.650. The zero-order valence-electron chi connectivity index (χ0n) is 11.4. The Balaban J connectivity index is 2.07. The highest BCUT2D eigenvalue weighted by Gasteiger charge is 2.17. The summed E-state index contributed by atoms with van der Waals surface area (Å²) in [5, 5.41) is 0.655. The Morgan fingerprint density at radius 1 is 1.30 bits per heavy atom. The third-order valence-corrected chi connectivity index (χ3v) is 4.05. The van der Waals surface area contributed by atoms with Crippen molar-refractivity contribution in [2.24, 2.45) is 5.73 Å². The molecule has 2 rings (SSSR count). The number of H-pyrrole nitrogens is 1. The highest BCUT2D eigenvalue weighted by molar-refractivity contribution is 7.99. The first-order valence-electron chi connectivity index (χ1n) is 6.21. The lowest BCUT2D eigenvalue weighted by Gasteiger charge is -2.19. The van der Waals surface area contributed by atoms with E-state index in [0.29, 0.717) is 5.16 Å². The van der Waals surface area contributed by atoms with Gasteiger partial charge < -0.3 is 15.5 Å². The molecule has 6 heteroatoms. The second-order valence-electron chi connectivity index (χ2n) is 4.36. The maximum absolute atomic E-state index is 11.2. The average molecular weight is 291 g/mol. The molecule has 0 saturated carbocycles. The van der Waals surface area contributed by atoms with E-state index in [-0.39, 0.29) is 16.9 Å². The Labute approximate surface area is 121 Å². The van der Waals surface area contributed by atoms with Crippen LogP contribution in [0.3, 0.4) is 0 Å². The molecule has 0 bridgehead atoms. The van der Waals surface area contributed by atoms with Gasteiger partial charge in [-0.3, -0.25) is 4.79 Å². The number of aromatic amines is 1. The van der Waals surface area contributed by atoms with E-state index >= 15 is 0 Å². The van der Waals surface area contributed by atoms with Gasteiger partial charge in [0.1, 0.15) is 5.75 Å². The molecule has 1 aromatic carbocycles. The van der Waals surface area contributed by atoms with Crippen LogP contribution in [0.2, 0.25) is 0 Å². The van der Waals surface area contributed by atoms with Gasteiger partial charge in [0.25, 0.3) is 5.56 Å². The SMILES string of the molecule is COc1ccc(C(N)C(C)Sc2nccc(=O)[nH]2)cc1. The average Bonchev–Trinajstić information content (AvgIpc) is 2.46. The molecule has 20 heavy (non-hydrogen) atoms.